The lowest BCUT2D eigenvalue weighted by Crippen LogP contribution is -2.52. The topological polar surface area (TPSA) is 59.6 Å². The van der Waals surface area contributed by atoms with Crippen molar-refractivity contribution in [3.05, 3.63) is 0 Å². The predicted octanol–water partition coefficient (Wildman–Crippen LogP) is 0.688. The summed E-state index contributed by atoms with van der Waals surface area (Å²) in [4.78, 5) is 12.5. The second kappa shape index (κ2) is 6.20. The fraction of sp³-hybridized carbons (Fsp3) is 0.929. The summed E-state index contributed by atoms with van der Waals surface area (Å²) in [5.74, 6) is 0.180. The third kappa shape index (κ3) is 3.09. The highest BCUT2D eigenvalue weighted by molar-refractivity contribution is 5.82. The summed E-state index contributed by atoms with van der Waals surface area (Å²) in [6.45, 7) is 5.81. The van der Waals surface area contributed by atoms with E-state index in [9.17, 15) is 4.79 Å². The lowest BCUT2D eigenvalue weighted by molar-refractivity contribution is -0.134. The molecule has 2 fully saturated rings. The van der Waals surface area contributed by atoms with Crippen molar-refractivity contribution in [2.75, 3.05) is 40.0 Å². The van der Waals surface area contributed by atoms with E-state index in [2.05, 4.69) is 17.6 Å². The van der Waals surface area contributed by atoms with Crippen molar-refractivity contribution in [1.82, 2.24) is 10.6 Å². The molecule has 0 aromatic heterocycles. The van der Waals surface area contributed by atoms with Gasteiger partial charge < -0.3 is 20.1 Å². The molecular weight excluding hydrogens is 244 g/mol. The van der Waals surface area contributed by atoms with Gasteiger partial charge in [-0.25, -0.2) is 0 Å². The molecule has 2 N–H and O–H groups in total. The van der Waals surface area contributed by atoms with Crippen LogP contribution >= 0.6 is 0 Å². The third-order valence-corrected chi connectivity index (χ3v) is 4.79. The first kappa shape index (κ1) is 14.8. The van der Waals surface area contributed by atoms with E-state index in [4.69, 9.17) is 9.47 Å². The molecular formula is C14H26N2O3. The zero-order valence-electron chi connectivity index (χ0n) is 12.1. The van der Waals surface area contributed by atoms with Crippen molar-refractivity contribution in [2.24, 2.45) is 5.41 Å². The van der Waals surface area contributed by atoms with Gasteiger partial charge in [-0.05, 0) is 32.4 Å². The van der Waals surface area contributed by atoms with Gasteiger partial charge in [0, 0.05) is 26.7 Å². The number of rotatable bonds is 5. The number of carbonyl (C=O) groups is 1. The molecule has 2 saturated heterocycles. The first-order valence-electron chi connectivity index (χ1n) is 7.28. The molecule has 1 atom stereocenters. The number of amides is 1. The Balaban J connectivity index is 1.92. The molecule has 0 spiro atoms. The van der Waals surface area contributed by atoms with Gasteiger partial charge in [0.15, 0.2) is 0 Å². The number of piperidine rings is 1. The fourth-order valence-electron chi connectivity index (χ4n) is 3.04. The highest BCUT2D eigenvalue weighted by Gasteiger charge is 2.40. The van der Waals surface area contributed by atoms with E-state index in [-0.39, 0.29) is 16.9 Å². The molecule has 2 rings (SSSR count). The minimum absolute atomic E-state index is 0.180. The van der Waals surface area contributed by atoms with Crippen LogP contribution in [-0.2, 0) is 14.3 Å². The van der Waals surface area contributed by atoms with Crippen molar-refractivity contribution in [2.45, 2.75) is 38.2 Å². The summed E-state index contributed by atoms with van der Waals surface area (Å²) in [6, 6.07) is 0. The molecule has 0 aromatic carbocycles. The van der Waals surface area contributed by atoms with Gasteiger partial charge in [0.1, 0.15) is 5.60 Å². The van der Waals surface area contributed by atoms with Gasteiger partial charge in [0.25, 0.3) is 0 Å². The van der Waals surface area contributed by atoms with Crippen LogP contribution in [0.4, 0.5) is 0 Å². The van der Waals surface area contributed by atoms with Crippen molar-refractivity contribution >= 4 is 5.91 Å². The summed E-state index contributed by atoms with van der Waals surface area (Å²) < 4.78 is 10.9. The normalized spacial score (nSPS) is 30.2. The molecule has 19 heavy (non-hydrogen) atoms. The molecule has 1 amide bonds. The molecule has 0 radical (unpaired) electrons. The maximum absolute atomic E-state index is 12.5. The predicted molar refractivity (Wildman–Crippen MR) is 73.0 cm³/mol. The Morgan fingerprint density at radius 1 is 1.37 bits per heavy atom. The molecule has 0 aromatic rings. The van der Waals surface area contributed by atoms with Crippen LogP contribution in [0.5, 0.6) is 0 Å². The van der Waals surface area contributed by atoms with Crippen LogP contribution < -0.4 is 10.6 Å². The monoisotopic (exact) mass is 270 g/mol. The number of carbonyl (C=O) groups excluding carboxylic acids is 1. The molecule has 5 heteroatoms. The SMILES string of the molecule is CCC1(C(=O)NCC2(OC)CCOC2)CCNCC1. The summed E-state index contributed by atoms with van der Waals surface area (Å²) in [5, 5.41) is 6.43. The maximum Gasteiger partial charge on any atom is 0.226 e. The molecule has 0 bridgehead atoms. The van der Waals surface area contributed by atoms with E-state index in [0.717, 1.165) is 38.8 Å². The van der Waals surface area contributed by atoms with Gasteiger partial charge in [-0.15, -0.1) is 0 Å². The third-order valence-electron chi connectivity index (χ3n) is 4.79. The standard InChI is InChI=1S/C14H26N2O3/c1-3-13(4-7-15-8-5-13)12(17)16-10-14(18-2)6-9-19-11-14/h15H,3-11H2,1-2H3,(H,16,17). The van der Waals surface area contributed by atoms with Gasteiger partial charge in [0.2, 0.25) is 5.91 Å². The van der Waals surface area contributed by atoms with Gasteiger partial charge in [0.05, 0.1) is 12.0 Å². The van der Waals surface area contributed by atoms with Crippen LogP contribution in [0.3, 0.4) is 0 Å². The number of ether oxygens (including phenoxy) is 2. The molecule has 5 nitrogen and oxygen atoms in total. The highest BCUT2D eigenvalue weighted by atomic mass is 16.5. The Bertz CT molecular complexity index is 308. The Morgan fingerprint density at radius 3 is 2.63 bits per heavy atom. The quantitative estimate of drug-likeness (QED) is 0.771. The summed E-state index contributed by atoms with van der Waals surface area (Å²) in [6.07, 6.45) is 3.60. The highest BCUT2D eigenvalue weighted by Crippen LogP contribution is 2.33. The molecule has 2 heterocycles. The smallest absolute Gasteiger partial charge is 0.226 e. The molecule has 110 valence electrons. The maximum atomic E-state index is 12.5. The number of methoxy groups -OCH3 is 1. The van der Waals surface area contributed by atoms with Crippen molar-refractivity contribution < 1.29 is 14.3 Å². The molecule has 0 saturated carbocycles. The Kier molecular flexibility index (Phi) is 4.81. The van der Waals surface area contributed by atoms with Crippen molar-refractivity contribution in [3.63, 3.8) is 0 Å². The van der Waals surface area contributed by atoms with E-state index in [1.54, 1.807) is 7.11 Å². The van der Waals surface area contributed by atoms with Crippen LogP contribution in [0.1, 0.15) is 32.6 Å². The van der Waals surface area contributed by atoms with Crippen LogP contribution in [0.15, 0.2) is 0 Å². The van der Waals surface area contributed by atoms with Crippen molar-refractivity contribution in [1.29, 1.82) is 0 Å². The number of hydrogen-bond donors (Lipinski definition) is 2. The van der Waals surface area contributed by atoms with E-state index >= 15 is 0 Å². The van der Waals surface area contributed by atoms with Gasteiger partial charge in [-0.2, -0.15) is 0 Å². The van der Waals surface area contributed by atoms with E-state index in [0.29, 0.717) is 19.8 Å². The zero-order chi connectivity index (χ0) is 13.8. The Morgan fingerprint density at radius 2 is 2.11 bits per heavy atom. The molecule has 1 unspecified atom stereocenters. The average molecular weight is 270 g/mol. The lowest BCUT2D eigenvalue weighted by atomic mass is 9.75. The molecule has 2 aliphatic rings. The van der Waals surface area contributed by atoms with Crippen LogP contribution in [0, 0.1) is 5.41 Å². The average Bonchev–Trinajstić information content (AvgIpc) is 2.95. The summed E-state index contributed by atoms with van der Waals surface area (Å²) in [5.41, 5.74) is -0.517. The van der Waals surface area contributed by atoms with E-state index < -0.39 is 0 Å². The Labute approximate surface area is 115 Å². The minimum atomic E-state index is -0.322. The molecule has 0 aliphatic carbocycles. The second-order valence-corrected chi connectivity index (χ2v) is 5.76. The van der Waals surface area contributed by atoms with E-state index in [1.165, 1.54) is 0 Å². The molecule has 2 aliphatic heterocycles. The van der Waals surface area contributed by atoms with Crippen LogP contribution in [0.2, 0.25) is 0 Å². The minimum Gasteiger partial charge on any atom is -0.378 e. The first-order valence-corrected chi connectivity index (χ1v) is 7.28. The number of hydrogen-bond acceptors (Lipinski definition) is 4. The zero-order valence-corrected chi connectivity index (χ0v) is 12.1. The van der Waals surface area contributed by atoms with Gasteiger partial charge >= 0.3 is 0 Å². The van der Waals surface area contributed by atoms with Gasteiger partial charge in [-0.1, -0.05) is 6.92 Å². The Hall–Kier alpha value is -0.650. The second-order valence-electron chi connectivity index (χ2n) is 5.76. The fourth-order valence-corrected chi connectivity index (χ4v) is 3.04. The van der Waals surface area contributed by atoms with Crippen LogP contribution in [0.25, 0.3) is 0 Å². The van der Waals surface area contributed by atoms with E-state index in [1.807, 2.05) is 0 Å². The number of nitrogens with one attached hydrogen (secondary N) is 2. The lowest BCUT2D eigenvalue weighted by Gasteiger charge is -2.36. The first-order chi connectivity index (χ1) is 9.16. The summed E-state index contributed by atoms with van der Waals surface area (Å²) >= 11 is 0. The summed E-state index contributed by atoms with van der Waals surface area (Å²) in [7, 11) is 1.70. The van der Waals surface area contributed by atoms with Gasteiger partial charge in [-0.3, -0.25) is 4.79 Å². The largest absolute Gasteiger partial charge is 0.378 e. The van der Waals surface area contributed by atoms with Crippen molar-refractivity contribution in [3.8, 4) is 0 Å². The van der Waals surface area contributed by atoms with Crippen LogP contribution in [-0.4, -0.2) is 51.5 Å².